The van der Waals surface area contributed by atoms with Crippen LogP contribution in [0.3, 0.4) is 0 Å². The molecule has 2 atom stereocenters. The largest absolute Gasteiger partial charge is 0.494 e. The Labute approximate surface area is 197 Å². The number of ether oxygens (including phenoxy) is 3. The standard InChI is InChI=1S/C26H29F3O5/c1-4-15(2)22(27)26(31)34-19-11-7-17(8-12-19)16-5-9-18(10-6-16)33-25(30)20-13-14-21(32-3)24(29)23(20)28/h5-6,9-10,13-15,17,19,22H,4,7-8,11-12H2,1-3H3/t15-,17?,19?,22-/m0/s1. The lowest BCUT2D eigenvalue weighted by molar-refractivity contribution is -0.158. The summed E-state index contributed by atoms with van der Waals surface area (Å²) in [7, 11) is 1.20. The van der Waals surface area contributed by atoms with Gasteiger partial charge >= 0.3 is 11.9 Å². The molecule has 0 N–H and O–H groups in total. The van der Waals surface area contributed by atoms with E-state index in [-0.39, 0.29) is 29.4 Å². The monoisotopic (exact) mass is 478 g/mol. The lowest BCUT2D eigenvalue weighted by Gasteiger charge is -2.29. The molecular weight excluding hydrogens is 449 g/mol. The zero-order chi connectivity index (χ0) is 24.8. The van der Waals surface area contributed by atoms with Crippen molar-refractivity contribution in [2.45, 2.75) is 64.1 Å². The molecule has 0 heterocycles. The summed E-state index contributed by atoms with van der Waals surface area (Å²) in [6, 6.07) is 9.07. The topological polar surface area (TPSA) is 61.8 Å². The van der Waals surface area contributed by atoms with Gasteiger partial charge in [-0.1, -0.05) is 32.4 Å². The predicted molar refractivity (Wildman–Crippen MR) is 120 cm³/mol. The molecule has 0 aromatic heterocycles. The van der Waals surface area contributed by atoms with Crippen LogP contribution in [0.1, 0.15) is 67.8 Å². The normalized spacial score (nSPS) is 19.7. The average molecular weight is 479 g/mol. The smallest absolute Gasteiger partial charge is 0.346 e. The van der Waals surface area contributed by atoms with E-state index >= 15 is 0 Å². The van der Waals surface area contributed by atoms with Crippen molar-refractivity contribution < 1.29 is 37.0 Å². The van der Waals surface area contributed by atoms with Crippen LogP contribution in [0.4, 0.5) is 13.2 Å². The second kappa shape index (κ2) is 11.4. The Bertz CT molecular complexity index is 1000. The van der Waals surface area contributed by atoms with Crippen molar-refractivity contribution in [2.75, 3.05) is 7.11 Å². The summed E-state index contributed by atoms with van der Waals surface area (Å²) in [6.45, 7) is 3.52. The summed E-state index contributed by atoms with van der Waals surface area (Å²) in [4.78, 5) is 24.2. The van der Waals surface area contributed by atoms with Gasteiger partial charge in [0.2, 0.25) is 5.82 Å². The van der Waals surface area contributed by atoms with Crippen molar-refractivity contribution in [1.29, 1.82) is 0 Å². The highest BCUT2D eigenvalue weighted by molar-refractivity contribution is 5.91. The van der Waals surface area contributed by atoms with Crippen LogP contribution in [0.5, 0.6) is 11.5 Å². The summed E-state index contributed by atoms with van der Waals surface area (Å²) >= 11 is 0. The highest BCUT2D eigenvalue weighted by Gasteiger charge is 2.30. The second-order valence-corrected chi connectivity index (χ2v) is 8.60. The van der Waals surface area contributed by atoms with Crippen LogP contribution in [-0.4, -0.2) is 31.3 Å². The Kier molecular flexibility index (Phi) is 8.58. The first-order valence-corrected chi connectivity index (χ1v) is 11.4. The van der Waals surface area contributed by atoms with Gasteiger partial charge in [-0.2, -0.15) is 4.39 Å². The van der Waals surface area contributed by atoms with Crippen LogP contribution in [0.2, 0.25) is 0 Å². The fraction of sp³-hybridized carbons (Fsp3) is 0.462. The first-order chi connectivity index (χ1) is 16.2. The fourth-order valence-corrected chi connectivity index (χ4v) is 4.00. The van der Waals surface area contributed by atoms with Crippen LogP contribution in [0, 0.1) is 17.6 Å². The Morgan fingerprint density at radius 2 is 1.65 bits per heavy atom. The minimum atomic E-state index is -1.60. The molecule has 5 nitrogen and oxygen atoms in total. The molecule has 34 heavy (non-hydrogen) atoms. The molecule has 0 amide bonds. The van der Waals surface area contributed by atoms with Crippen molar-refractivity contribution >= 4 is 11.9 Å². The van der Waals surface area contributed by atoms with Crippen molar-refractivity contribution in [3.63, 3.8) is 0 Å². The number of carbonyl (C=O) groups excluding carboxylic acids is 2. The van der Waals surface area contributed by atoms with Gasteiger partial charge in [-0.3, -0.25) is 0 Å². The van der Waals surface area contributed by atoms with E-state index in [1.54, 1.807) is 19.1 Å². The molecule has 2 aromatic rings. The third kappa shape index (κ3) is 5.90. The van der Waals surface area contributed by atoms with Crippen LogP contribution in [0.25, 0.3) is 0 Å². The van der Waals surface area contributed by atoms with Gasteiger partial charge < -0.3 is 14.2 Å². The quantitative estimate of drug-likeness (QED) is 0.337. The number of carbonyl (C=O) groups is 2. The van der Waals surface area contributed by atoms with Gasteiger partial charge in [0.15, 0.2) is 17.7 Å². The van der Waals surface area contributed by atoms with Gasteiger partial charge in [0.05, 0.1) is 12.7 Å². The SMILES string of the molecule is CC[C@H](C)[C@H](F)C(=O)OC1CCC(c2ccc(OC(=O)c3ccc(OC)c(F)c3F)cc2)CC1. The highest BCUT2D eigenvalue weighted by Crippen LogP contribution is 2.35. The van der Waals surface area contributed by atoms with E-state index in [1.165, 1.54) is 7.11 Å². The number of hydrogen-bond donors (Lipinski definition) is 0. The van der Waals surface area contributed by atoms with Crippen molar-refractivity contribution in [2.24, 2.45) is 5.92 Å². The zero-order valence-electron chi connectivity index (χ0n) is 19.5. The van der Waals surface area contributed by atoms with E-state index in [1.807, 2.05) is 19.1 Å². The number of methoxy groups -OCH3 is 1. The molecule has 3 rings (SSSR count). The van der Waals surface area contributed by atoms with Crippen LogP contribution in [-0.2, 0) is 9.53 Å². The molecule has 1 fully saturated rings. The minimum absolute atomic E-state index is 0.200. The van der Waals surface area contributed by atoms with Crippen LogP contribution >= 0.6 is 0 Å². The molecule has 0 unspecified atom stereocenters. The molecule has 1 aliphatic carbocycles. The van der Waals surface area contributed by atoms with Crippen molar-refractivity contribution in [3.8, 4) is 11.5 Å². The first kappa shape index (κ1) is 25.6. The van der Waals surface area contributed by atoms with Gasteiger partial charge in [0.25, 0.3) is 0 Å². The van der Waals surface area contributed by atoms with Crippen molar-refractivity contribution in [3.05, 3.63) is 59.2 Å². The number of alkyl halides is 1. The van der Waals surface area contributed by atoms with Gasteiger partial charge in [0, 0.05) is 0 Å². The van der Waals surface area contributed by atoms with E-state index in [4.69, 9.17) is 14.2 Å². The summed E-state index contributed by atoms with van der Waals surface area (Å²) in [5, 5.41) is 0. The lowest BCUT2D eigenvalue weighted by Crippen LogP contribution is -2.31. The number of rotatable bonds is 8. The van der Waals surface area contributed by atoms with Gasteiger partial charge in [-0.25, -0.2) is 18.4 Å². The number of hydrogen-bond acceptors (Lipinski definition) is 5. The van der Waals surface area contributed by atoms with Crippen LogP contribution < -0.4 is 9.47 Å². The third-order valence-electron chi connectivity index (χ3n) is 6.37. The first-order valence-electron chi connectivity index (χ1n) is 11.4. The average Bonchev–Trinajstić information content (AvgIpc) is 2.85. The molecule has 1 saturated carbocycles. The predicted octanol–water partition coefficient (Wildman–Crippen LogP) is 6.15. The summed E-state index contributed by atoms with van der Waals surface area (Å²) < 4.78 is 57.2. The van der Waals surface area contributed by atoms with Gasteiger partial charge in [-0.15, -0.1) is 0 Å². The maximum atomic E-state index is 14.1. The molecule has 0 aliphatic heterocycles. The van der Waals surface area contributed by atoms with E-state index in [2.05, 4.69) is 0 Å². The van der Waals surface area contributed by atoms with Crippen molar-refractivity contribution in [1.82, 2.24) is 0 Å². The highest BCUT2D eigenvalue weighted by atomic mass is 19.2. The Balaban J connectivity index is 1.54. The zero-order valence-corrected chi connectivity index (χ0v) is 19.5. The van der Waals surface area contributed by atoms with E-state index < -0.39 is 35.3 Å². The van der Waals surface area contributed by atoms with E-state index in [0.29, 0.717) is 19.3 Å². The van der Waals surface area contributed by atoms with E-state index in [9.17, 15) is 22.8 Å². The molecule has 0 spiro atoms. The molecule has 2 aromatic carbocycles. The molecule has 0 bridgehead atoms. The number of benzene rings is 2. The molecule has 1 aliphatic rings. The Hall–Kier alpha value is -3.03. The Morgan fingerprint density at radius 1 is 1.00 bits per heavy atom. The minimum Gasteiger partial charge on any atom is -0.494 e. The van der Waals surface area contributed by atoms with Gasteiger partial charge in [0.1, 0.15) is 11.9 Å². The maximum Gasteiger partial charge on any atom is 0.346 e. The summed E-state index contributed by atoms with van der Waals surface area (Å²) in [5.74, 6) is -4.62. The van der Waals surface area contributed by atoms with Gasteiger partial charge in [-0.05, 0) is 67.3 Å². The fourth-order valence-electron chi connectivity index (χ4n) is 4.00. The molecule has 0 radical (unpaired) electrons. The molecule has 0 saturated heterocycles. The van der Waals surface area contributed by atoms with E-state index in [0.717, 1.165) is 30.5 Å². The summed E-state index contributed by atoms with van der Waals surface area (Å²) in [6.07, 6.45) is 1.51. The molecular formula is C26H29F3O5. The third-order valence-corrected chi connectivity index (χ3v) is 6.37. The number of esters is 2. The molecule has 184 valence electrons. The Morgan fingerprint density at radius 3 is 2.24 bits per heavy atom. The number of halogens is 3. The molecule has 8 heteroatoms. The lowest BCUT2D eigenvalue weighted by atomic mass is 9.82. The maximum absolute atomic E-state index is 14.1. The summed E-state index contributed by atoms with van der Waals surface area (Å²) in [5.41, 5.74) is 0.494. The second-order valence-electron chi connectivity index (χ2n) is 8.60. The van der Waals surface area contributed by atoms with Crippen LogP contribution in [0.15, 0.2) is 36.4 Å².